The number of benzene rings is 3. The van der Waals surface area contributed by atoms with Gasteiger partial charge in [-0.15, -0.1) is 0 Å². The molecule has 9 nitrogen and oxygen atoms in total. The van der Waals surface area contributed by atoms with Gasteiger partial charge in [0.2, 0.25) is 6.79 Å². The van der Waals surface area contributed by atoms with Crippen LogP contribution in [-0.4, -0.2) is 45.9 Å². The minimum Gasteiger partial charge on any atom is -0.508 e. The molecule has 0 aliphatic carbocycles. The molecule has 3 aromatic carbocycles. The molecular weight excluding hydrogens is 624 g/mol. The molecule has 1 amide bonds. The van der Waals surface area contributed by atoms with Crippen LogP contribution in [0.15, 0.2) is 69.8 Å². The fourth-order valence-electron chi connectivity index (χ4n) is 6.32. The smallest absolute Gasteiger partial charge is 0.257 e. The van der Waals surface area contributed by atoms with Gasteiger partial charge in [-0.2, -0.15) is 0 Å². The molecule has 1 fully saturated rings. The van der Waals surface area contributed by atoms with Crippen molar-refractivity contribution in [2.24, 2.45) is 0 Å². The molecule has 3 aliphatic heterocycles. The molecular formula is C34H33BrN4O5. The number of carbonyl (C=O) groups is 1. The highest BCUT2D eigenvalue weighted by Crippen LogP contribution is 2.44. The lowest BCUT2D eigenvalue weighted by molar-refractivity contribution is -0.111. The van der Waals surface area contributed by atoms with E-state index in [-0.39, 0.29) is 24.5 Å². The number of fused-ring (bicyclic) bond motifs is 2. The number of rotatable bonds is 7. The number of nitrogens with one attached hydrogen (secondary N) is 1. The van der Waals surface area contributed by atoms with E-state index in [0.29, 0.717) is 40.8 Å². The molecule has 10 heteroatoms. The molecule has 44 heavy (non-hydrogen) atoms. The van der Waals surface area contributed by atoms with Gasteiger partial charge in [0.1, 0.15) is 17.1 Å². The Bertz CT molecular complexity index is 1740. The zero-order valence-corrected chi connectivity index (χ0v) is 26.2. The number of ether oxygens (including phenoxy) is 2. The van der Waals surface area contributed by atoms with Gasteiger partial charge in [0.25, 0.3) is 5.91 Å². The van der Waals surface area contributed by atoms with E-state index in [2.05, 4.69) is 60.5 Å². The van der Waals surface area contributed by atoms with Gasteiger partial charge in [0, 0.05) is 23.8 Å². The standard InChI is InChI=1S/C34H33BrN4O5/c1-20-32(21(2)44-37-20)36-34(41)28-18-39(17-24-13-30-31(15-29(24)35)43-19-42-30)33(27-14-25(40)9-10-26(27)28)23-7-5-22(6-8-23)16-38-11-3-4-12-38/h5-10,13-15,18,33,40H,3-4,11-12,16-17,19H2,1-2H3,(H,36,41). The van der Waals surface area contributed by atoms with E-state index in [1.807, 2.05) is 24.4 Å². The molecule has 0 bridgehead atoms. The summed E-state index contributed by atoms with van der Waals surface area (Å²) in [4.78, 5) is 18.5. The number of anilines is 1. The fourth-order valence-corrected chi connectivity index (χ4v) is 6.77. The number of likely N-dealkylation sites (tertiary alicyclic amines) is 1. The van der Waals surface area contributed by atoms with Gasteiger partial charge in [-0.3, -0.25) is 9.69 Å². The van der Waals surface area contributed by atoms with E-state index in [9.17, 15) is 9.90 Å². The van der Waals surface area contributed by atoms with E-state index in [0.717, 1.165) is 46.4 Å². The number of hydrogen-bond donors (Lipinski definition) is 2. The summed E-state index contributed by atoms with van der Waals surface area (Å²) >= 11 is 3.72. The van der Waals surface area contributed by atoms with Crippen molar-refractivity contribution in [1.29, 1.82) is 0 Å². The summed E-state index contributed by atoms with van der Waals surface area (Å²) in [5, 5.41) is 17.7. The SMILES string of the molecule is Cc1noc(C)c1NC(=O)C1=CN(Cc2cc3c(cc2Br)OCO3)C(c2ccc(CN3CCCC3)cc2)c2cc(O)ccc21. The normalized spacial score (nSPS) is 17.5. The monoisotopic (exact) mass is 656 g/mol. The molecule has 1 saturated heterocycles. The Kier molecular flexibility index (Phi) is 7.55. The van der Waals surface area contributed by atoms with E-state index in [4.69, 9.17) is 14.0 Å². The first-order chi connectivity index (χ1) is 21.3. The molecule has 1 atom stereocenters. The van der Waals surface area contributed by atoms with Crippen molar-refractivity contribution in [2.75, 3.05) is 25.2 Å². The highest BCUT2D eigenvalue weighted by Gasteiger charge is 2.33. The summed E-state index contributed by atoms with van der Waals surface area (Å²) in [7, 11) is 0. The molecule has 7 rings (SSSR count). The lowest BCUT2D eigenvalue weighted by atomic mass is 9.86. The topological polar surface area (TPSA) is 100 Å². The zero-order valence-electron chi connectivity index (χ0n) is 24.6. The maximum atomic E-state index is 13.9. The van der Waals surface area contributed by atoms with E-state index < -0.39 is 0 Å². The van der Waals surface area contributed by atoms with Crippen molar-refractivity contribution in [3.8, 4) is 17.2 Å². The number of aromatic hydroxyl groups is 1. The minimum atomic E-state index is -0.291. The number of halogens is 1. The second-order valence-electron chi connectivity index (χ2n) is 11.6. The molecule has 4 heterocycles. The number of amides is 1. The number of aromatic nitrogens is 1. The maximum absolute atomic E-state index is 13.9. The minimum absolute atomic E-state index is 0.135. The molecule has 0 radical (unpaired) electrons. The van der Waals surface area contributed by atoms with Crippen molar-refractivity contribution < 1.29 is 23.9 Å². The third-order valence-corrected chi connectivity index (χ3v) is 9.30. The first-order valence-corrected chi connectivity index (χ1v) is 15.6. The van der Waals surface area contributed by atoms with E-state index in [1.54, 1.807) is 26.0 Å². The average Bonchev–Trinajstić information content (AvgIpc) is 3.76. The molecule has 0 saturated carbocycles. The van der Waals surface area contributed by atoms with Crippen LogP contribution >= 0.6 is 15.9 Å². The first-order valence-electron chi connectivity index (χ1n) is 14.8. The summed E-state index contributed by atoms with van der Waals surface area (Å²) in [6, 6.07) is 17.5. The van der Waals surface area contributed by atoms with Crippen molar-refractivity contribution >= 4 is 33.1 Å². The largest absolute Gasteiger partial charge is 0.508 e. The van der Waals surface area contributed by atoms with Crippen molar-refractivity contribution in [2.45, 2.75) is 45.8 Å². The van der Waals surface area contributed by atoms with Crippen LogP contribution in [0.4, 0.5) is 5.69 Å². The van der Waals surface area contributed by atoms with Crippen molar-refractivity contribution in [3.05, 3.63) is 105 Å². The predicted octanol–water partition coefficient (Wildman–Crippen LogP) is 6.67. The fraction of sp³-hybridized carbons (Fsp3) is 0.294. The van der Waals surface area contributed by atoms with Crippen LogP contribution < -0.4 is 14.8 Å². The third-order valence-electron chi connectivity index (χ3n) is 8.56. The molecule has 4 aromatic rings. The van der Waals surface area contributed by atoms with Crippen LogP contribution in [0.2, 0.25) is 0 Å². The number of carbonyl (C=O) groups excluding carboxylic acids is 1. The van der Waals surface area contributed by atoms with Gasteiger partial charge in [0.05, 0.1) is 11.6 Å². The van der Waals surface area contributed by atoms with Crippen LogP contribution in [0.1, 0.15) is 58.2 Å². The summed E-state index contributed by atoms with van der Waals surface area (Å²) in [6.07, 6.45) is 4.42. The Labute approximate surface area is 264 Å². The number of nitrogens with zero attached hydrogens (tertiary/aromatic N) is 3. The van der Waals surface area contributed by atoms with E-state index in [1.165, 1.54) is 18.4 Å². The number of hydrogen-bond acceptors (Lipinski definition) is 8. The van der Waals surface area contributed by atoms with Gasteiger partial charge >= 0.3 is 0 Å². The molecule has 3 aliphatic rings. The molecule has 0 spiro atoms. The summed E-state index contributed by atoms with van der Waals surface area (Å²) in [6.45, 7) is 7.40. The molecule has 1 aromatic heterocycles. The first kappa shape index (κ1) is 28.5. The molecule has 226 valence electrons. The third kappa shape index (κ3) is 5.44. The lowest BCUT2D eigenvalue weighted by Gasteiger charge is -2.37. The number of phenols is 1. The highest BCUT2D eigenvalue weighted by atomic mass is 79.9. The zero-order chi connectivity index (χ0) is 30.4. The number of aryl methyl sites for hydroxylation is 2. The van der Waals surface area contributed by atoms with Gasteiger partial charge in [-0.1, -0.05) is 51.4 Å². The second kappa shape index (κ2) is 11.7. The summed E-state index contributed by atoms with van der Waals surface area (Å²) in [5.74, 6) is 1.75. The summed E-state index contributed by atoms with van der Waals surface area (Å²) in [5.41, 5.74) is 6.50. The van der Waals surface area contributed by atoms with Crippen LogP contribution in [0.3, 0.4) is 0 Å². The van der Waals surface area contributed by atoms with Gasteiger partial charge < -0.3 is 29.3 Å². The Morgan fingerprint density at radius 1 is 1.02 bits per heavy atom. The molecule has 2 N–H and O–H groups in total. The quantitative estimate of drug-likeness (QED) is 0.228. The highest BCUT2D eigenvalue weighted by molar-refractivity contribution is 9.10. The van der Waals surface area contributed by atoms with Crippen molar-refractivity contribution in [1.82, 2.24) is 15.0 Å². The summed E-state index contributed by atoms with van der Waals surface area (Å²) < 4.78 is 17.4. The van der Waals surface area contributed by atoms with Crippen LogP contribution in [-0.2, 0) is 17.9 Å². The van der Waals surface area contributed by atoms with Crippen LogP contribution in [0.5, 0.6) is 17.2 Å². The van der Waals surface area contributed by atoms with Crippen molar-refractivity contribution in [3.63, 3.8) is 0 Å². The Hall–Kier alpha value is -4.28. The van der Waals surface area contributed by atoms with E-state index >= 15 is 0 Å². The molecule has 1 unspecified atom stereocenters. The van der Waals surface area contributed by atoms with Gasteiger partial charge in [0.15, 0.2) is 17.3 Å². The maximum Gasteiger partial charge on any atom is 0.257 e. The predicted molar refractivity (Wildman–Crippen MR) is 169 cm³/mol. The average molecular weight is 658 g/mol. The number of phenolic OH excluding ortho intramolecular Hbond substituents is 1. The Balaban J connectivity index is 1.30. The van der Waals surface area contributed by atoms with Crippen LogP contribution in [0.25, 0.3) is 5.57 Å². The Morgan fingerprint density at radius 3 is 2.50 bits per heavy atom. The lowest BCUT2D eigenvalue weighted by Crippen LogP contribution is -2.31. The second-order valence-corrected chi connectivity index (χ2v) is 12.4. The van der Waals surface area contributed by atoms with Gasteiger partial charge in [-0.05, 0) is 91.9 Å². The van der Waals surface area contributed by atoms with Crippen LogP contribution in [0, 0.1) is 13.8 Å². The Morgan fingerprint density at radius 2 is 1.77 bits per heavy atom. The van der Waals surface area contributed by atoms with Gasteiger partial charge in [-0.25, -0.2) is 0 Å².